The fourth-order valence-corrected chi connectivity index (χ4v) is 8.17. The van der Waals surface area contributed by atoms with Crippen LogP contribution < -0.4 is 5.32 Å². The van der Waals surface area contributed by atoms with Crippen molar-refractivity contribution >= 4 is 6.09 Å². The van der Waals surface area contributed by atoms with E-state index in [4.69, 9.17) is 14.2 Å². The summed E-state index contributed by atoms with van der Waals surface area (Å²) in [6.07, 6.45) is 5.01. The topological polar surface area (TPSA) is 80.3 Å². The molecule has 2 heterocycles. The number of carbonyl (C=O) groups excluding carboxylic acids is 1. The summed E-state index contributed by atoms with van der Waals surface area (Å²) in [5.74, 6) is 0. The molecule has 2 unspecified atom stereocenters. The number of alkyl carbamates (subject to hydrolysis) is 1. The molecule has 2 aliphatic heterocycles. The molecule has 3 fully saturated rings. The fourth-order valence-electron chi connectivity index (χ4n) is 8.17. The number of carbonyl (C=O) groups is 1. The first-order valence-electron chi connectivity index (χ1n) is 16.6. The Morgan fingerprint density at radius 2 is 1.76 bits per heavy atom. The number of hydrogen-bond donors (Lipinski definition) is 2. The summed E-state index contributed by atoms with van der Waals surface area (Å²) in [5, 5.41) is 12.4. The third kappa shape index (κ3) is 7.72. The molecule has 3 aliphatic rings. The van der Waals surface area contributed by atoms with Crippen molar-refractivity contribution in [2.75, 3.05) is 19.7 Å². The first-order chi connectivity index (χ1) is 22.1. The van der Waals surface area contributed by atoms with Gasteiger partial charge >= 0.3 is 6.09 Å². The number of benzene rings is 3. The number of rotatable bonds is 10. The number of hydrogen-bond acceptors (Lipinski definition) is 6. The third-order valence-corrected chi connectivity index (χ3v) is 9.76. The largest absolute Gasteiger partial charge is 0.445 e. The van der Waals surface area contributed by atoms with E-state index in [2.05, 4.69) is 86.1 Å². The molecule has 7 heteroatoms. The highest BCUT2D eigenvalue weighted by atomic mass is 16.7. The van der Waals surface area contributed by atoms with Gasteiger partial charge in [0.15, 0.2) is 6.29 Å². The van der Waals surface area contributed by atoms with Crippen molar-refractivity contribution < 1.29 is 24.1 Å². The summed E-state index contributed by atoms with van der Waals surface area (Å²) < 4.78 is 18.5. The minimum atomic E-state index is -0.514. The van der Waals surface area contributed by atoms with Gasteiger partial charge < -0.3 is 24.6 Å². The Bertz CT molecular complexity index is 1520. The van der Waals surface area contributed by atoms with E-state index in [9.17, 15) is 9.90 Å². The van der Waals surface area contributed by atoms with Crippen molar-refractivity contribution in [1.29, 1.82) is 0 Å². The van der Waals surface area contributed by atoms with Gasteiger partial charge in [0.05, 0.1) is 18.8 Å². The first-order valence-corrected chi connectivity index (χ1v) is 16.6. The molecule has 244 valence electrons. The van der Waals surface area contributed by atoms with Gasteiger partial charge in [-0.1, -0.05) is 94.1 Å². The summed E-state index contributed by atoms with van der Waals surface area (Å²) >= 11 is 0. The predicted molar refractivity (Wildman–Crippen MR) is 180 cm³/mol. The van der Waals surface area contributed by atoms with Crippen LogP contribution in [-0.2, 0) is 27.4 Å². The van der Waals surface area contributed by atoms with Crippen LogP contribution in [0.25, 0.3) is 11.1 Å². The number of aliphatic hydroxyl groups excluding tert-OH is 1. The highest BCUT2D eigenvalue weighted by molar-refractivity contribution is 5.68. The zero-order valence-corrected chi connectivity index (χ0v) is 27.4. The first kappa shape index (κ1) is 32.5. The van der Waals surface area contributed by atoms with Gasteiger partial charge in [0, 0.05) is 37.7 Å². The molecule has 2 saturated heterocycles. The number of nitrogens with zero attached hydrogens (tertiary/aromatic N) is 1. The zero-order chi connectivity index (χ0) is 32.3. The number of nitrogens with one attached hydrogen (secondary N) is 1. The summed E-state index contributed by atoms with van der Waals surface area (Å²) in [4.78, 5) is 14.6. The van der Waals surface area contributed by atoms with Crippen LogP contribution >= 0.6 is 0 Å². The summed E-state index contributed by atoms with van der Waals surface area (Å²) in [7, 11) is 0. The number of likely N-dealkylation sites (tertiary alicyclic amines) is 1. The van der Waals surface area contributed by atoms with E-state index in [0.29, 0.717) is 23.4 Å². The maximum Gasteiger partial charge on any atom is 0.407 e. The molecular weight excluding hydrogens is 576 g/mol. The summed E-state index contributed by atoms with van der Waals surface area (Å²) in [5.41, 5.74) is 6.77. The molecule has 1 amide bonds. The van der Waals surface area contributed by atoms with Crippen molar-refractivity contribution in [2.24, 2.45) is 10.8 Å². The molecule has 2 bridgehead atoms. The molecule has 0 aromatic heterocycles. The summed E-state index contributed by atoms with van der Waals surface area (Å²) in [6.45, 7) is 13.5. The van der Waals surface area contributed by atoms with Gasteiger partial charge in [-0.25, -0.2) is 4.79 Å². The van der Waals surface area contributed by atoms with E-state index in [1.165, 1.54) is 19.3 Å². The van der Waals surface area contributed by atoms with Crippen molar-refractivity contribution in [3.8, 4) is 11.1 Å². The van der Waals surface area contributed by atoms with Crippen molar-refractivity contribution in [2.45, 2.75) is 84.1 Å². The SMILES string of the molecule is C=CCOC(=O)NCc1cccc(-c2cccc([C@H]3O[C@@H](CN4CC5(C)CC4CC(C)(C)C5)C[C@@H](c4ccc(CO)cc4)O3)c2)c1. The predicted octanol–water partition coefficient (Wildman–Crippen LogP) is 7.70. The second-order valence-electron chi connectivity index (χ2n) is 14.6. The van der Waals surface area contributed by atoms with E-state index in [1.807, 2.05) is 24.3 Å². The highest BCUT2D eigenvalue weighted by Gasteiger charge is 2.50. The molecule has 46 heavy (non-hydrogen) atoms. The van der Waals surface area contributed by atoms with Crippen molar-refractivity contribution in [3.63, 3.8) is 0 Å². The third-order valence-electron chi connectivity index (χ3n) is 9.76. The van der Waals surface area contributed by atoms with Crippen LogP contribution in [-0.4, -0.2) is 47.9 Å². The second kappa shape index (κ2) is 13.7. The average Bonchev–Trinajstić information content (AvgIpc) is 3.29. The van der Waals surface area contributed by atoms with E-state index in [0.717, 1.165) is 52.9 Å². The number of fused-ring (bicyclic) bond motifs is 2. The maximum absolute atomic E-state index is 11.9. The lowest BCUT2D eigenvalue weighted by molar-refractivity contribution is -0.253. The fraction of sp³-hybridized carbons (Fsp3) is 0.462. The van der Waals surface area contributed by atoms with Gasteiger partial charge in [0.25, 0.3) is 0 Å². The molecule has 7 nitrogen and oxygen atoms in total. The van der Waals surface area contributed by atoms with Crippen LogP contribution in [0.15, 0.2) is 85.5 Å². The van der Waals surface area contributed by atoms with E-state index in [-0.39, 0.29) is 25.4 Å². The smallest absolute Gasteiger partial charge is 0.407 e. The van der Waals surface area contributed by atoms with Crippen LogP contribution in [0.5, 0.6) is 0 Å². The quantitative estimate of drug-likeness (QED) is 0.225. The molecular formula is C39H48N2O5. The average molecular weight is 625 g/mol. The van der Waals surface area contributed by atoms with Gasteiger partial charge in [-0.05, 0) is 70.0 Å². The lowest BCUT2D eigenvalue weighted by atomic mass is 9.65. The van der Waals surface area contributed by atoms with Gasteiger partial charge in [-0.3, -0.25) is 4.90 Å². The minimum Gasteiger partial charge on any atom is -0.445 e. The van der Waals surface area contributed by atoms with Gasteiger partial charge in [-0.2, -0.15) is 0 Å². The Labute approximate surface area is 273 Å². The molecule has 0 spiro atoms. The van der Waals surface area contributed by atoms with Crippen molar-refractivity contribution in [3.05, 3.63) is 108 Å². The van der Waals surface area contributed by atoms with E-state index in [1.54, 1.807) is 6.08 Å². The van der Waals surface area contributed by atoms with E-state index >= 15 is 0 Å². The maximum atomic E-state index is 11.9. The molecule has 3 aromatic rings. The molecule has 3 aromatic carbocycles. The molecule has 2 N–H and O–H groups in total. The van der Waals surface area contributed by atoms with Gasteiger partial charge in [-0.15, -0.1) is 0 Å². The Hall–Kier alpha value is -3.49. The van der Waals surface area contributed by atoms with Crippen LogP contribution in [0.4, 0.5) is 4.79 Å². The summed E-state index contributed by atoms with van der Waals surface area (Å²) in [6, 6.07) is 25.2. The Kier molecular flexibility index (Phi) is 9.67. The Morgan fingerprint density at radius 1 is 1.00 bits per heavy atom. The molecule has 1 aliphatic carbocycles. The highest BCUT2D eigenvalue weighted by Crippen LogP contribution is 2.53. The molecule has 5 atom stereocenters. The molecule has 0 radical (unpaired) electrons. The lowest BCUT2D eigenvalue weighted by Crippen LogP contribution is -2.42. The van der Waals surface area contributed by atoms with Crippen LogP contribution in [0.3, 0.4) is 0 Å². The van der Waals surface area contributed by atoms with Crippen LogP contribution in [0.2, 0.25) is 0 Å². The number of amides is 1. The lowest BCUT2D eigenvalue weighted by Gasteiger charge is -2.41. The Morgan fingerprint density at radius 3 is 2.52 bits per heavy atom. The number of ether oxygens (including phenoxy) is 3. The normalized spacial score (nSPS) is 27.2. The second-order valence-corrected chi connectivity index (χ2v) is 14.6. The molecule has 1 saturated carbocycles. The standard InChI is InChI=1S/C39H48N2O5/c1-5-16-44-37(43)40-22-28-8-6-9-30(17-28)31-10-7-11-32(18-31)36-45-34(19-35(46-36)29-14-12-27(24-42)13-15-29)23-41-26-39(4)21-33(41)20-38(2,3)25-39/h5-15,17-18,33-36,42H,1,16,19-26H2,2-4H3,(H,40,43)/t33?,34-,35+,36+,39?/m1/s1. The minimum absolute atomic E-state index is 0.0197. The van der Waals surface area contributed by atoms with E-state index < -0.39 is 12.4 Å². The zero-order valence-electron chi connectivity index (χ0n) is 27.4. The van der Waals surface area contributed by atoms with Gasteiger partial charge in [0.1, 0.15) is 6.61 Å². The van der Waals surface area contributed by atoms with Crippen molar-refractivity contribution in [1.82, 2.24) is 10.2 Å². The number of aliphatic hydroxyl groups is 1. The van der Waals surface area contributed by atoms with Gasteiger partial charge in [0.2, 0.25) is 0 Å². The monoisotopic (exact) mass is 624 g/mol. The Balaban J connectivity index is 1.22. The van der Waals surface area contributed by atoms with Crippen LogP contribution in [0, 0.1) is 10.8 Å². The molecule has 6 rings (SSSR count). The van der Waals surface area contributed by atoms with Crippen LogP contribution in [0.1, 0.15) is 81.1 Å².